The van der Waals surface area contributed by atoms with E-state index in [1.807, 2.05) is 24.3 Å². The summed E-state index contributed by atoms with van der Waals surface area (Å²) in [6.45, 7) is 0.919. The summed E-state index contributed by atoms with van der Waals surface area (Å²) >= 11 is 0. The van der Waals surface area contributed by atoms with Gasteiger partial charge in [-0.05, 0) is 48.2 Å². The summed E-state index contributed by atoms with van der Waals surface area (Å²) in [5.41, 5.74) is 2.24. The molecule has 0 unspecified atom stereocenters. The maximum atomic E-state index is 11.8. The Balaban J connectivity index is 1.66. The lowest BCUT2D eigenvalue weighted by Gasteiger charge is -2.08. The molecule has 0 heterocycles. The van der Waals surface area contributed by atoms with Crippen LogP contribution in [0.4, 0.5) is 4.79 Å². The Kier molecular flexibility index (Phi) is 6.83. The van der Waals surface area contributed by atoms with E-state index in [9.17, 15) is 9.59 Å². The number of methoxy groups -OCH3 is 1. The molecule has 0 saturated carbocycles. The number of carbonyl (C=O) groups is 2. The Hall–Kier alpha value is -3.02. The van der Waals surface area contributed by atoms with Gasteiger partial charge in [-0.25, -0.2) is 9.59 Å². The highest BCUT2D eigenvalue weighted by Gasteiger charge is 2.03. The van der Waals surface area contributed by atoms with Gasteiger partial charge in [0.05, 0.1) is 12.7 Å². The molecule has 0 radical (unpaired) electrons. The molecule has 2 aromatic rings. The van der Waals surface area contributed by atoms with Crippen LogP contribution in [0.25, 0.3) is 0 Å². The normalized spacial score (nSPS) is 10.1. The summed E-state index contributed by atoms with van der Waals surface area (Å²) in [5.74, 6) is -0.134. The van der Waals surface area contributed by atoms with Crippen molar-refractivity contribution in [1.82, 2.24) is 10.6 Å². The first-order valence-corrected chi connectivity index (χ1v) is 8.05. The summed E-state index contributed by atoms with van der Waals surface area (Å²) in [4.78, 5) is 22.5. The molecule has 2 rings (SSSR count). The molecule has 132 valence electrons. The lowest BCUT2D eigenvalue weighted by Crippen LogP contribution is -2.35. The molecule has 0 aliphatic rings. The summed E-state index contributed by atoms with van der Waals surface area (Å²) in [7, 11) is 1.64. The van der Waals surface area contributed by atoms with Gasteiger partial charge in [-0.1, -0.05) is 24.3 Å². The van der Waals surface area contributed by atoms with Crippen LogP contribution in [-0.2, 0) is 13.0 Å². The van der Waals surface area contributed by atoms with E-state index < -0.39 is 5.97 Å². The highest BCUT2D eigenvalue weighted by molar-refractivity contribution is 5.87. The van der Waals surface area contributed by atoms with Crippen molar-refractivity contribution in [2.24, 2.45) is 0 Å². The summed E-state index contributed by atoms with van der Waals surface area (Å²) in [6.07, 6.45) is 1.68. The Labute approximate surface area is 146 Å². The minimum Gasteiger partial charge on any atom is -0.497 e. The molecule has 0 aromatic heterocycles. The van der Waals surface area contributed by atoms with Gasteiger partial charge in [-0.15, -0.1) is 0 Å². The summed E-state index contributed by atoms with van der Waals surface area (Å²) in [5, 5.41) is 14.4. The van der Waals surface area contributed by atoms with Gasteiger partial charge in [-0.3, -0.25) is 0 Å². The first-order chi connectivity index (χ1) is 12.1. The zero-order valence-corrected chi connectivity index (χ0v) is 14.1. The molecule has 6 nitrogen and oxygen atoms in total. The standard InChI is InChI=1S/C19H22N2O4/c1-25-17-6-2-4-14(12-17)5-3-11-20-19(24)21-13-15-7-9-16(10-8-15)18(22)23/h2,4,6-10,12H,3,5,11,13H2,1H3,(H,22,23)(H2,20,21,24). The number of carbonyl (C=O) groups excluding carboxylic acids is 1. The highest BCUT2D eigenvalue weighted by Crippen LogP contribution is 2.13. The van der Waals surface area contributed by atoms with Crippen molar-refractivity contribution < 1.29 is 19.4 Å². The zero-order valence-electron chi connectivity index (χ0n) is 14.1. The Bertz CT molecular complexity index is 714. The van der Waals surface area contributed by atoms with Gasteiger partial charge in [0.15, 0.2) is 0 Å². The monoisotopic (exact) mass is 342 g/mol. The highest BCUT2D eigenvalue weighted by atomic mass is 16.5. The van der Waals surface area contributed by atoms with Crippen molar-refractivity contribution in [1.29, 1.82) is 0 Å². The summed E-state index contributed by atoms with van der Waals surface area (Å²) in [6, 6.07) is 14.0. The van der Waals surface area contributed by atoms with Gasteiger partial charge in [-0.2, -0.15) is 0 Å². The number of benzene rings is 2. The molecular weight excluding hydrogens is 320 g/mol. The van der Waals surface area contributed by atoms with E-state index in [4.69, 9.17) is 9.84 Å². The minimum absolute atomic E-state index is 0.228. The number of amides is 2. The van der Waals surface area contributed by atoms with Gasteiger partial charge < -0.3 is 20.5 Å². The molecule has 2 aromatic carbocycles. The molecule has 25 heavy (non-hydrogen) atoms. The van der Waals surface area contributed by atoms with Gasteiger partial charge >= 0.3 is 12.0 Å². The third-order valence-electron chi connectivity index (χ3n) is 3.72. The van der Waals surface area contributed by atoms with Gasteiger partial charge in [0.1, 0.15) is 5.75 Å². The number of carboxylic acid groups (broad SMARTS) is 1. The predicted octanol–water partition coefficient (Wildman–Crippen LogP) is 2.83. The van der Waals surface area contributed by atoms with Crippen LogP contribution in [0.15, 0.2) is 48.5 Å². The average molecular weight is 342 g/mol. The lowest BCUT2D eigenvalue weighted by molar-refractivity contribution is 0.0697. The molecular formula is C19H22N2O4. The average Bonchev–Trinajstić information content (AvgIpc) is 2.64. The minimum atomic E-state index is -0.965. The number of ether oxygens (including phenoxy) is 1. The molecule has 0 fully saturated rings. The topological polar surface area (TPSA) is 87.7 Å². The Morgan fingerprint density at radius 1 is 1.04 bits per heavy atom. The van der Waals surface area contributed by atoms with Gasteiger partial charge in [0.25, 0.3) is 0 Å². The van der Waals surface area contributed by atoms with Crippen LogP contribution >= 0.6 is 0 Å². The quantitative estimate of drug-likeness (QED) is 0.644. The second-order valence-corrected chi connectivity index (χ2v) is 5.57. The van der Waals surface area contributed by atoms with Crippen LogP contribution in [0.3, 0.4) is 0 Å². The molecule has 3 N–H and O–H groups in total. The SMILES string of the molecule is COc1cccc(CCCNC(=O)NCc2ccc(C(=O)O)cc2)c1. The fourth-order valence-corrected chi connectivity index (χ4v) is 2.33. The van der Waals surface area contributed by atoms with Crippen molar-refractivity contribution in [3.05, 3.63) is 65.2 Å². The first-order valence-electron chi connectivity index (χ1n) is 8.05. The van der Waals surface area contributed by atoms with Crippen LogP contribution in [0.2, 0.25) is 0 Å². The second kappa shape index (κ2) is 9.32. The molecule has 0 aliphatic carbocycles. The van der Waals surface area contributed by atoms with Crippen molar-refractivity contribution in [2.75, 3.05) is 13.7 Å². The molecule has 0 aliphatic heterocycles. The number of carboxylic acids is 1. The molecule has 0 saturated heterocycles. The van der Waals surface area contributed by atoms with E-state index in [1.165, 1.54) is 17.7 Å². The molecule has 0 bridgehead atoms. The fraction of sp³-hybridized carbons (Fsp3) is 0.263. The number of hydrogen-bond acceptors (Lipinski definition) is 3. The maximum absolute atomic E-state index is 11.8. The predicted molar refractivity (Wildman–Crippen MR) is 95.0 cm³/mol. The van der Waals surface area contributed by atoms with Crippen LogP contribution in [0.1, 0.15) is 27.9 Å². The smallest absolute Gasteiger partial charge is 0.335 e. The van der Waals surface area contributed by atoms with Crippen molar-refractivity contribution in [2.45, 2.75) is 19.4 Å². The Morgan fingerprint density at radius 3 is 2.48 bits per heavy atom. The lowest BCUT2D eigenvalue weighted by atomic mass is 10.1. The molecule has 0 spiro atoms. The van der Waals surface area contributed by atoms with E-state index in [1.54, 1.807) is 19.2 Å². The number of urea groups is 1. The molecule has 0 atom stereocenters. The molecule has 6 heteroatoms. The van der Waals surface area contributed by atoms with E-state index in [2.05, 4.69) is 10.6 Å². The van der Waals surface area contributed by atoms with Crippen LogP contribution in [0, 0.1) is 0 Å². The van der Waals surface area contributed by atoms with E-state index >= 15 is 0 Å². The maximum Gasteiger partial charge on any atom is 0.335 e. The van der Waals surface area contributed by atoms with E-state index in [0.717, 1.165) is 24.2 Å². The van der Waals surface area contributed by atoms with Gasteiger partial charge in [0, 0.05) is 13.1 Å². The van der Waals surface area contributed by atoms with Crippen LogP contribution in [0.5, 0.6) is 5.75 Å². The van der Waals surface area contributed by atoms with Crippen molar-refractivity contribution in [3.8, 4) is 5.75 Å². The van der Waals surface area contributed by atoms with Crippen LogP contribution < -0.4 is 15.4 Å². The number of aryl methyl sites for hydroxylation is 1. The molecule has 2 amide bonds. The number of nitrogens with one attached hydrogen (secondary N) is 2. The van der Waals surface area contributed by atoms with Crippen molar-refractivity contribution >= 4 is 12.0 Å². The second-order valence-electron chi connectivity index (χ2n) is 5.57. The number of rotatable bonds is 8. The summed E-state index contributed by atoms with van der Waals surface area (Å²) < 4.78 is 5.18. The largest absolute Gasteiger partial charge is 0.497 e. The number of hydrogen-bond donors (Lipinski definition) is 3. The number of aromatic carboxylic acids is 1. The van der Waals surface area contributed by atoms with Crippen molar-refractivity contribution in [3.63, 3.8) is 0 Å². The van der Waals surface area contributed by atoms with Crippen LogP contribution in [-0.4, -0.2) is 30.8 Å². The third kappa shape index (κ3) is 6.18. The van der Waals surface area contributed by atoms with E-state index in [0.29, 0.717) is 13.1 Å². The fourth-order valence-electron chi connectivity index (χ4n) is 2.33. The first kappa shape index (κ1) is 18.3. The zero-order chi connectivity index (χ0) is 18.1. The Morgan fingerprint density at radius 2 is 1.80 bits per heavy atom. The third-order valence-corrected chi connectivity index (χ3v) is 3.72. The van der Waals surface area contributed by atoms with Gasteiger partial charge in [0.2, 0.25) is 0 Å². The van der Waals surface area contributed by atoms with E-state index in [-0.39, 0.29) is 11.6 Å².